The molecule has 1 amide bonds. The number of para-hydroxylation sites is 1. The third-order valence-electron chi connectivity index (χ3n) is 5.35. The molecule has 0 fully saturated rings. The normalized spacial score (nSPS) is 12.7. The van der Waals surface area contributed by atoms with Gasteiger partial charge in [-0.25, -0.2) is 4.98 Å². The van der Waals surface area contributed by atoms with E-state index in [1.807, 2.05) is 73.6 Å². The van der Waals surface area contributed by atoms with Crippen LogP contribution in [0.5, 0.6) is 23.0 Å². The van der Waals surface area contributed by atoms with Crippen molar-refractivity contribution >= 4 is 32.6 Å². The molecule has 8 heteroatoms. The molecule has 34 heavy (non-hydrogen) atoms. The van der Waals surface area contributed by atoms with Gasteiger partial charge in [-0.15, -0.1) is 0 Å². The van der Waals surface area contributed by atoms with Crippen molar-refractivity contribution in [3.8, 4) is 23.0 Å². The van der Waals surface area contributed by atoms with Gasteiger partial charge in [-0.1, -0.05) is 35.6 Å². The first-order valence-corrected chi connectivity index (χ1v) is 11.9. The number of likely N-dealkylation sites (N-methyl/N-ethyl adjacent to an activating group) is 1. The van der Waals surface area contributed by atoms with Crippen LogP contribution in [-0.2, 0) is 0 Å². The molecule has 7 nitrogen and oxygen atoms in total. The molecule has 174 valence electrons. The number of hydrogen-bond acceptors (Lipinski definition) is 7. The van der Waals surface area contributed by atoms with Crippen LogP contribution in [0.3, 0.4) is 0 Å². The Morgan fingerprint density at radius 2 is 1.68 bits per heavy atom. The Kier molecular flexibility index (Phi) is 6.33. The van der Waals surface area contributed by atoms with E-state index in [-0.39, 0.29) is 5.91 Å². The Balaban J connectivity index is 1.46. The Labute approximate surface area is 202 Å². The Morgan fingerprint density at radius 1 is 0.941 bits per heavy atom. The standard InChI is InChI=1S/C26H25N3O4S/c1-28(2)11-12-29(26-27-21-16-22-23(17-24(21)34-26)32-14-13-31-22)25(30)18-7-6-10-20(15-18)33-19-8-4-3-5-9-19/h3-10,15-17H,11-14H2,1-2H3. The summed E-state index contributed by atoms with van der Waals surface area (Å²) in [4.78, 5) is 22.2. The van der Waals surface area contributed by atoms with Crippen LogP contribution in [0.2, 0.25) is 0 Å². The van der Waals surface area contributed by atoms with Gasteiger partial charge in [-0.2, -0.15) is 0 Å². The van der Waals surface area contributed by atoms with Crippen molar-refractivity contribution in [2.75, 3.05) is 45.3 Å². The number of rotatable bonds is 7. The Bertz CT molecular complexity index is 1260. The number of anilines is 1. The first-order chi connectivity index (χ1) is 16.6. The predicted molar refractivity (Wildman–Crippen MR) is 134 cm³/mol. The monoisotopic (exact) mass is 475 g/mol. The van der Waals surface area contributed by atoms with Crippen LogP contribution < -0.4 is 19.1 Å². The summed E-state index contributed by atoms with van der Waals surface area (Å²) in [7, 11) is 3.97. The number of thiazole rings is 1. The minimum Gasteiger partial charge on any atom is -0.486 e. The fourth-order valence-corrected chi connectivity index (χ4v) is 4.63. The maximum atomic E-state index is 13.7. The van der Waals surface area contributed by atoms with E-state index in [1.165, 1.54) is 11.3 Å². The third-order valence-corrected chi connectivity index (χ3v) is 6.39. The molecule has 0 atom stereocenters. The molecule has 1 aromatic heterocycles. The van der Waals surface area contributed by atoms with Crippen molar-refractivity contribution in [1.82, 2.24) is 9.88 Å². The van der Waals surface area contributed by atoms with Crippen molar-refractivity contribution in [3.05, 3.63) is 72.3 Å². The smallest absolute Gasteiger partial charge is 0.260 e. The Hall–Kier alpha value is -3.62. The van der Waals surface area contributed by atoms with Crippen LogP contribution in [0.15, 0.2) is 66.7 Å². The molecule has 0 saturated carbocycles. The third kappa shape index (κ3) is 4.83. The number of ether oxygens (including phenoxy) is 3. The van der Waals surface area contributed by atoms with E-state index >= 15 is 0 Å². The number of carbonyl (C=O) groups is 1. The molecule has 4 aromatic rings. The first kappa shape index (κ1) is 22.2. The van der Waals surface area contributed by atoms with Crippen LogP contribution in [0, 0.1) is 0 Å². The maximum Gasteiger partial charge on any atom is 0.260 e. The van der Waals surface area contributed by atoms with Gasteiger partial charge < -0.3 is 19.1 Å². The highest BCUT2D eigenvalue weighted by atomic mass is 32.1. The van der Waals surface area contributed by atoms with E-state index in [9.17, 15) is 4.79 Å². The second-order valence-electron chi connectivity index (χ2n) is 8.16. The average molecular weight is 476 g/mol. The number of amides is 1. The number of benzene rings is 3. The zero-order valence-electron chi connectivity index (χ0n) is 19.1. The topological polar surface area (TPSA) is 64.1 Å². The summed E-state index contributed by atoms with van der Waals surface area (Å²) in [5.41, 5.74) is 1.32. The van der Waals surface area contributed by atoms with E-state index in [0.717, 1.165) is 16.0 Å². The van der Waals surface area contributed by atoms with E-state index in [0.29, 0.717) is 54.2 Å². The summed E-state index contributed by atoms with van der Waals surface area (Å²) in [5, 5.41) is 0.638. The van der Waals surface area contributed by atoms with Crippen molar-refractivity contribution in [1.29, 1.82) is 0 Å². The summed E-state index contributed by atoms with van der Waals surface area (Å²) < 4.78 is 18.3. The van der Waals surface area contributed by atoms with Crippen LogP contribution in [-0.4, -0.2) is 56.2 Å². The highest BCUT2D eigenvalue weighted by molar-refractivity contribution is 7.22. The number of nitrogens with zero attached hydrogens (tertiary/aromatic N) is 3. The fourth-order valence-electron chi connectivity index (χ4n) is 3.63. The molecule has 0 aliphatic carbocycles. The number of aromatic nitrogens is 1. The van der Waals surface area contributed by atoms with Gasteiger partial charge in [0.15, 0.2) is 16.6 Å². The number of carbonyl (C=O) groups excluding carboxylic acids is 1. The molecule has 3 aromatic carbocycles. The van der Waals surface area contributed by atoms with Gasteiger partial charge in [0.25, 0.3) is 5.91 Å². The highest BCUT2D eigenvalue weighted by Gasteiger charge is 2.23. The quantitative estimate of drug-likeness (QED) is 0.372. The van der Waals surface area contributed by atoms with Gasteiger partial charge >= 0.3 is 0 Å². The molecular weight excluding hydrogens is 450 g/mol. The van der Waals surface area contributed by atoms with E-state index in [4.69, 9.17) is 19.2 Å². The molecule has 2 heterocycles. The molecule has 5 rings (SSSR count). The van der Waals surface area contributed by atoms with Gasteiger partial charge in [0.1, 0.15) is 24.7 Å². The van der Waals surface area contributed by atoms with Crippen molar-refractivity contribution in [2.45, 2.75) is 0 Å². The minimum absolute atomic E-state index is 0.128. The summed E-state index contributed by atoms with van der Waals surface area (Å²) in [6, 6.07) is 20.6. The minimum atomic E-state index is -0.128. The lowest BCUT2D eigenvalue weighted by Gasteiger charge is -2.22. The fraction of sp³-hybridized carbons (Fsp3) is 0.231. The lowest BCUT2D eigenvalue weighted by molar-refractivity contribution is 0.0985. The van der Waals surface area contributed by atoms with E-state index in [1.54, 1.807) is 17.0 Å². The zero-order valence-corrected chi connectivity index (χ0v) is 19.9. The van der Waals surface area contributed by atoms with E-state index in [2.05, 4.69) is 0 Å². The van der Waals surface area contributed by atoms with E-state index < -0.39 is 0 Å². The molecule has 1 aliphatic heterocycles. The second kappa shape index (κ2) is 9.70. The molecule has 0 bridgehead atoms. The van der Waals surface area contributed by atoms with Gasteiger partial charge in [0, 0.05) is 30.8 Å². The van der Waals surface area contributed by atoms with Crippen LogP contribution in [0.25, 0.3) is 10.2 Å². The lowest BCUT2D eigenvalue weighted by atomic mass is 10.2. The van der Waals surface area contributed by atoms with Gasteiger partial charge in [-0.05, 0) is 44.4 Å². The Morgan fingerprint density at radius 3 is 2.44 bits per heavy atom. The van der Waals surface area contributed by atoms with Crippen molar-refractivity contribution in [3.63, 3.8) is 0 Å². The number of hydrogen-bond donors (Lipinski definition) is 0. The van der Waals surface area contributed by atoms with Crippen LogP contribution >= 0.6 is 11.3 Å². The predicted octanol–water partition coefficient (Wildman–Crippen LogP) is 5.07. The second-order valence-corrected chi connectivity index (χ2v) is 9.17. The summed E-state index contributed by atoms with van der Waals surface area (Å²) in [6.07, 6.45) is 0. The largest absolute Gasteiger partial charge is 0.486 e. The summed E-state index contributed by atoms with van der Waals surface area (Å²) >= 11 is 1.47. The van der Waals surface area contributed by atoms with Gasteiger partial charge in [-0.3, -0.25) is 9.69 Å². The molecule has 1 aliphatic rings. The molecule has 0 spiro atoms. The lowest BCUT2D eigenvalue weighted by Crippen LogP contribution is -2.36. The number of fused-ring (bicyclic) bond motifs is 2. The molecule has 0 radical (unpaired) electrons. The molecule has 0 N–H and O–H groups in total. The van der Waals surface area contributed by atoms with Crippen LogP contribution in [0.4, 0.5) is 5.13 Å². The summed E-state index contributed by atoms with van der Waals surface area (Å²) in [6.45, 7) is 2.25. The van der Waals surface area contributed by atoms with Gasteiger partial charge in [0.05, 0.1) is 10.2 Å². The SMILES string of the molecule is CN(C)CCN(C(=O)c1cccc(Oc2ccccc2)c1)c1nc2cc3c(cc2s1)OCCO3. The first-order valence-electron chi connectivity index (χ1n) is 11.1. The maximum absolute atomic E-state index is 13.7. The van der Waals surface area contributed by atoms with Crippen molar-refractivity contribution in [2.24, 2.45) is 0 Å². The average Bonchev–Trinajstić information content (AvgIpc) is 3.25. The van der Waals surface area contributed by atoms with Crippen molar-refractivity contribution < 1.29 is 19.0 Å². The summed E-state index contributed by atoms with van der Waals surface area (Å²) in [5.74, 6) is 2.60. The van der Waals surface area contributed by atoms with Gasteiger partial charge in [0.2, 0.25) is 0 Å². The molecule has 0 saturated heterocycles. The van der Waals surface area contributed by atoms with Crippen LogP contribution in [0.1, 0.15) is 10.4 Å². The molecule has 0 unspecified atom stereocenters. The highest BCUT2D eigenvalue weighted by Crippen LogP contribution is 2.39. The zero-order chi connectivity index (χ0) is 23.5. The molecular formula is C26H25N3O4S.